The molecule has 0 aliphatic carbocycles. The first-order valence-corrected chi connectivity index (χ1v) is 53.8. The molecular weight excluding hydrogens is 1600 g/mol. The lowest BCUT2D eigenvalue weighted by Gasteiger charge is -2.21. The molecule has 0 aromatic rings. The van der Waals surface area contributed by atoms with Crippen LogP contribution in [-0.2, 0) is 55.8 Å². The van der Waals surface area contributed by atoms with Gasteiger partial charge in [-0.15, -0.1) is 0 Å². The van der Waals surface area contributed by atoms with Crippen LogP contribution in [0.4, 0.5) is 0 Å². The molecule has 0 aliphatic rings. The second-order valence-electron chi connectivity index (χ2n) is 33.9. The van der Waals surface area contributed by atoms with E-state index in [2.05, 4.69) is 179 Å². The Kier molecular flexibility index (Phi) is 94.4. The molecule has 0 saturated carbocycles. The minimum atomic E-state index is -4.95. The summed E-state index contributed by atoms with van der Waals surface area (Å²) in [6.07, 6.45) is 127. The van der Waals surface area contributed by atoms with Gasteiger partial charge in [0.05, 0.1) is 26.4 Å². The number of unbranched alkanes of at least 4 members (excludes halogenated alkanes) is 47. The van der Waals surface area contributed by atoms with Gasteiger partial charge in [-0.3, -0.25) is 32.5 Å². The van der Waals surface area contributed by atoms with Gasteiger partial charge in [-0.05, 0) is 154 Å². The monoisotopic (exact) mass is 1790 g/mol. The molecule has 16 nitrogen and oxygen atoms in total. The molecule has 0 heterocycles. The SMILES string of the molecule is CC/C=C\C/C=C\C/C=C\C/C=C\C/C=C\CCCCCCCCCCCCCCCCCC(=O)OCC(O)COP(=O)(O)OCC(O)COP(=O)(O)OCC(COC(=O)CCCCCCCCCCCCCCC/C=C\C/C=C\C/C=C\C/C=C\CCCCC)OC(=O)CCCCCCCCCCCCCCC/C=C\C/C=C\C/C=C\C/C=C\CCCCC. The van der Waals surface area contributed by atoms with E-state index >= 15 is 0 Å². The molecule has 5 unspecified atom stereocenters. The third-order valence-corrected chi connectivity index (χ3v) is 23.6. The zero-order chi connectivity index (χ0) is 90.7. The van der Waals surface area contributed by atoms with E-state index in [4.69, 9.17) is 32.3 Å². The number of aliphatic hydroxyl groups excluding tert-OH is 2. The van der Waals surface area contributed by atoms with Crippen LogP contribution in [0, 0.1) is 0 Å². The molecule has 0 amide bonds. The van der Waals surface area contributed by atoms with E-state index in [-0.39, 0.29) is 19.3 Å². The summed E-state index contributed by atoms with van der Waals surface area (Å²) in [5.41, 5.74) is 0. The lowest BCUT2D eigenvalue weighted by Crippen LogP contribution is -2.30. The zero-order valence-corrected chi connectivity index (χ0v) is 81.5. The normalized spacial score (nSPS) is 14.3. The summed E-state index contributed by atoms with van der Waals surface area (Å²) >= 11 is 0. The Labute approximate surface area is 765 Å². The number of hydrogen-bond acceptors (Lipinski definition) is 14. The van der Waals surface area contributed by atoms with Crippen molar-refractivity contribution in [3.8, 4) is 0 Å². The fourth-order valence-corrected chi connectivity index (χ4v) is 15.6. The molecule has 0 fully saturated rings. The molecule has 0 rings (SSSR count). The van der Waals surface area contributed by atoms with Gasteiger partial charge in [0.25, 0.3) is 0 Å². The number of esters is 3. The molecule has 5 atom stereocenters. The van der Waals surface area contributed by atoms with Gasteiger partial charge in [0.2, 0.25) is 0 Å². The van der Waals surface area contributed by atoms with Gasteiger partial charge < -0.3 is 34.2 Å². The lowest BCUT2D eigenvalue weighted by atomic mass is 10.0. The van der Waals surface area contributed by atoms with Crippen LogP contribution in [0.5, 0.6) is 0 Å². The Morgan fingerprint density at radius 1 is 0.232 bits per heavy atom. The largest absolute Gasteiger partial charge is 0.472 e. The number of aliphatic hydroxyl groups is 2. The molecule has 0 aliphatic heterocycles. The first kappa shape index (κ1) is 120. The number of rotatable bonds is 96. The zero-order valence-electron chi connectivity index (χ0n) is 79.7. The number of phosphoric ester groups is 2. The smallest absolute Gasteiger partial charge is 0.463 e. The van der Waals surface area contributed by atoms with Crippen LogP contribution in [0.1, 0.15) is 445 Å². The van der Waals surface area contributed by atoms with Crippen molar-refractivity contribution in [2.45, 2.75) is 463 Å². The Bertz CT molecular complexity index is 2900. The lowest BCUT2D eigenvalue weighted by molar-refractivity contribution is -0.161. The fraction of sp³-hybridized carbons (Fsp3) is 0.729. The van der Waals surface area contributed by atoms with Crippen molar-refractivity contribution in [3.63, 3.8) is 0 Å². The molecule has 18 heteroatoms. The number of hydrogen-bond donors (Lipinski definition) is 4. The molecule has 4 N–H and O–H groups in total. The second-order valence-corrected chi connectivity index (χ2v) is 36.8. The summed E-state index contributed by atoms with van der Waals surface area (Å²) in [5, 5.41) is 20.8. The molecule has 720 valence electrons. The predicted octanol–water partition coefficient (Wildman–Crippen LogP) is 32.0. The topological polar surface area (TPSA) is 231 Å². The highest BCUT2D eigenvalue weighted by molar-refractivity contribution is 7.47. The Morgan fingerprint density at radius 2 is 0.424 bits per heavy atom. The van der Waals surface area contributed by atoms with Crippen LogP contribution in [0.25, 0.3) is 0 Å². The summed E-state index contributed by atoms with van der Waals surface area (Å²) in [5.74, 6) is -1.56. The maximum absolute atomic E-state index is 13.1. The Hall–Kier alpha value is -4.83. The predicted molar refractivity (Wildman–Crippen MR) is 528 cm³/mol. The maximum Gasteiger partial charge on any atom is 0.472 e. The number of carbonyl (C=O) groups is 3. The molecule has 0 aromatic carbocycles. The molecule has 125 heavy (non-hydrogen) atoms. The first-order valence-electron chi connectivity index (χ1n) is 50.8. The number of ether oxygens (including phenoxy) is 3. The fourth-order valence-electron chi connectivity index (χ4n) is 14.0. The highest BCUT2D eigenvalue weighted by atomic mass is 31.2. The van der Waals surface area contributed by atoms with Crippen LogP contribution in [0.2, 0.25) is 0 Å². The van der Waals surface area contributed by atoms with Crippen LogP contribution >= 0.6 is 15.6 Å². The van der Waals surface area contributed by atoms with Gasteiger partial charge in [0.1, 0.15) is 25.4 Å². The van der Waals surface area contributed by atoms with Crippen molar-refractivity contribution in [2.75, 3.05) is 39.6 Å². The van der Waals surface area contributed by atoms with E-state index in [9.17, 15) is 43.5 Å². The minimum absolute atomic E-state index is 0.101. The van der Waals surface area contributed by atoms with Gasteiger partial charge in [0.15, 0.2) is 6.10 Å². The van der Waals surface area contributed by atoms with Crippen molar-refractivity contribution in [2.24, 2.45) is 0 Å². The molecule has 0 bridgehead atoms. The summed E-state index contributed by atoms with van der Waals surface area (Å²) < 4.78 is 61.7. The maximum atomic E-state index is 13.1. The van der Waals surface area contributed by atoms with Crippen LogP contribution in [0.15, 0.2) is 158 Å². The van der Waals surface area contributed by atoms with Crippen LogP contribution in [0.3, 0.4) is 0 Å². The number of carbonyl (C=O) groups excluding carboxylic acids is 3. The molecule has 0 saturated heterocycles. The second kappa shape index (κ2) is 98.2. The average molecular weight is 1790 g/mol. The van der Waals surface area contributed by atoms with Crippen molar-refractivity contribution < 1.29 is 75.8 Å². The quantitative estimate of drug-likeness (QED) is 0.0146. The Balaban J connectivity index is 4.63. The van der Waals surface area contributed by atoms with Gasteiger partial charge in [-0.2, -0.15) is 0 Å². The number of allylic oxidation sites excluding steroid dienone is 26. The van der Waals surface area contributed by atoms with Gasteiger partial charge in [-0.1, -0.05) is 429 Å². The molecule has 0 spiro atoms. The highest BCUT2D eigenvalue weighted by Crippen LogP contribution is 2.45. The van der Waals surface area contributed by atoms with E-state index in [0.29, 0.717) is 19.3 Å². The highest BCUT2D eigenvalue weighted by Gasteiger charge is 2.30. The standard InChI is InChI=1S/C107H186O16P2/c1-4-7-10-13-16-19-22-25-28-31-34-37-40-43-46-49-50-53-55-57-60-63-66-69-72-75-78-81-84-87-90-93-105(110)117-96-102(108)97-119-124(113,114)120-98-103(109)99-121-125(115,116)122-101-104(123-107(112)95-92-89-86-83-80-77-74-71-68-65-62-59-56-52-48-45-42-39-36-33-30-27-24-21-18-15-12-9-6-3)100-118-106(111)94-91-88-85-82-79-76-73-70-67-64-61-58-54-51-47-44-41-38-35-32-29-26-23-20-17-14-11-8-5-2/h7,10,16-21,25-30,34-39,43-48,102-104,108-109H,4-6,8-9,11-15,22-24,31-33,40-42,49-101H2,1-3H3,(H,113,114)(H,115,116)/b10-7-,19-16-,20-17-,21-18-,28-25-,29-26-,30-27-,37-34-,38-35-,39-36-,46-43-,47-44-,48-45-. The van der Waals surface area contributed by atoms with E-state index < -0.39 is 91.5 Å². The van der Waals surface area contributed by atoms with E-state index in [1.54, 1.807) is 0 Å². The van der Waals surface area contributed by atoms with Gasteiger partial charge in [0, 0.05) is 19.3 Å². The summed E-state index contributed by atoms with van der Waals surface area (Å²) in [4.78, 5) is 59.2. The van der Waals surface area contributed by atoms with Crippen molar-refractivity contribution in [1.82, 2.24) is 0 Å². The molecule has 0 aromatic heterocycles. The van der Waals surface area contributed by atoms with E-state index in [1.165, 1.54) is 238 Å². The summed E-state index contributed by atoms with van der Waals surface area (Å²) in [6.45, 7) is 2.59. The van der Waals surface area contributed by atoms with Crippen molar-refractivity contribution in [3.05, 3.63) is 158 Å². The molecule has 0 radical (unpaired) electrons. The minimum Gasteiger partial charge on any atom is -0.463 e. The Morgan fingerprint density at radius 3 is 0.672 bits per heavy atom. The van der Waals surface area contributed by atoms with Crippen LogP contribution in [-0.4, -0.2) is 95.9 Å². The number of phosphoric acid groups is 2. The third-order valence-electron chi connectivity index (χ3n) is 21.7. The van der Waals surface area contributed by atoms with Gasteiger partial charge >= 0.3 is 33.6 Å². The average Bonchev–Trinajstić information content (AvgIpc) is 0.898. The van der Waals surface area contributed by atoms with Gasteiger partial charge in [-0.25, -0.2) is 9.13 Å². The molecular formula is C107H186O16P2. The first-order chi connectivity index (χ1) is 61.2. The van der Waals surface area contributed by atoms with E-state index in [1.807, 2.05) is 0 Å². The van der Waals surface area contributed by atoms with Crippen molar-refractivity contribution in [1.29, 1.82) is 0 Å². The van der Waals surface area contributed by atoms with Crippen molar-refractivity contribution >= 4 is 33.6 Å². The van der Waals surface area contributed by atoms with Crippen LogP contribution < -0.4 is 0 Å². The summed E-state index contributed by atoms with van der Waals surface area (Å²) in [6, 6.07) is 0. The van der Waals surface area contributed by atoms with E-state index in [0.717, 1.165) is 148 Å². The summed E-state index contributed by atoms with van der Waals surface area (Å²) in [7, 11) is -9.82. The third kappa shape index (κ3) is 99.6.